The molecule has 1 aromatic carbocycles. The van der Waals surface area contributed by atoms with E-state index >= 15 is 0 Å². The second-order valence-corrected chi connectivity index (χ2v) is 6.70. The second kappa shape index (κ2) is 4.95. The van der Waals surface area contributed by atoms with Crippen molar-refractivity contribution in [2.45, 2.75) is 4.90 Å². The van der Waals surface area contributed by atoms with Crippen molar-refractivity contribution in [1.29, 1.82) is 0 Å². The minimum Gasteiger partial charge on any atom is -0.496 e. The van der Waals surface area contributed by atoms with Crippen LogP contribution in [0.25, 0.3) is 22.4 Å². The van der Waals surface area contributed by atoms with Crippen LogP contribution in [0.5, 0.6) is 5.75 Å². The Bertz CT molecular complexity index is 1020. The van der Waals surface area contributed by atoms with Gasteiger partial charge in [0.2, 0.25) is 0 Å². The number of benzene rings is 1. The lowest BCUT2D eigenvalue weighted by molar-refractivity contribution is 0.415. The van der Waals surface area contributed by atoms with E-state index in [1.54, 1.807) is 6.07 Å². The van der Waals surface area contributed by atoms with Gasteiger partial charge < -0.3 is 9.72 Å². The van der Waals surface area contributed by atoms with E-state index in [9.17, 15) is 13.2 Å². The first kappa shape index (κ1) is 14.3. The number of nitrogens with one attached hydrogen (secondary N) is 2. The van der Waals surface area contributed by atoms with Gasteiger partial charge in [-0.15, -0.1) is 0 Å². The monoisotopic (exact) mass is 320 g/mol. The number of hydrogen-bond donors (Lipinski definition) is 2. The summed E-state index contributed by atoms with van der Waals surface area (Å²) in [6, 6.07) is 4.46. The zero-order valence-electron chi connectivity index (χ0n) is 11.7. The quantitative estimate of drug-likeness (QED) is 0.734. The number of aromatic amines is 2. The van der Waals surface area contributed by atoms with Crippen molar-refractivity contribution in [1.82, 2.24) is 20.2 Å². The fourth-order valence-electron chi connectivity index (χ4n) is 2.09. The van der Waals surface area contributed by atoms with Crippen LogP contribution in [0.2, 0.25) is 0 Å². The number of rotatable bonds is 3. The van der Waals surface area contributed by atoms with Gasteiger partial charge in [0, 0.05) is 6.26 Å². The molecule has 0 spiro atoms. The summed E-state index contributed by atoms with van der Waals surface area (Å²) in [5, 5.41) is 5.99. The van der Waals surface area contributed by atoms with E-state index in [-0.39, 0.29) is 10.4 Å². The molecule has 2 heterocycles. The molecule has 2 aromatic heterocycles. The number of sulfone groups is 1. The molecule has 114 valence electrons. The Morgan fingerprint density at radius 2 is 2.05 bits per heavy atom. The highest BCUT2D eigenvalue weighted by molar-refractivity contribution is 7.90. The predicted octanol–water partition coefficient (Wildman–Crippen LogP) is 0.725. The summed E-state index contributed by atoms with van der Waals surface area (Å²) in [6.45, 7) is 0. The summed E-state index contributed by atoms with van der Waals surface area (Å²) >= 11 is 0. The van der Waals surface area contributed by atoms with Gasteiger partial charge in [-0.05, 0) is 18.2 Å². The third-order valence-corrected chi connectivity index (χ3v) is 4.27. The number of methoxy groups -OCH3 is 1. The van der Waals surface area contributed by atoms with Gasteiger partial charge in [-0.3, -0.25) is 4.79 Å². The lowest BCUT2D eigenvalue weighted by Gasteiger charge is -2.08. The number of imidazole rings is 1. The molecule has 0 saturated heterocycles. The zero-order valence-corrected chi connectivity index (χ0v) is 12.6. The summed E-state index contributed by atoms with van der Waals surface area (Å²) < 4.78 is 28.4. The molecule has 2 N–H and O–H groups in total. The standard InChI is InChI=1S/C13H12N4O4S/c1-21-10-5-7(22(2,19)20)3-4-8(10)12-15-9-6-14-17-13(18)11(9)16-12/h3-6H,1-2H3,(H,15,16)(H,17,18). The Kier molecular flexibility index (Phi) is 3.21. The maximum atomic E-state index is 11.7. The maximum absolute atomic E-state index is 11.7. The Labute approximate surface area is 125 Å². The van der Waals surface area contributed by atoms with Crippen LogP contribution in [0.15, 0.2) is 34.1 Å². The minimum absolute atomic E-state index is 0.142. The maximum Gasteiger partial charge on any atom is 0.292 e. The number of aromatic nitrogens is 4. The van der Waals surface area contributed by atoms with Crippen molar-refractivity contribution < 1.29 is 13.2 Å². The highest BCUT2D eigenvalue weighted by Gasteiger charge is 2.16. The number of ether oxygens (including phenoxy) is 1. The molecule has 0 aliphatic heterocycles. The van der Waals surface area contributed by atoms with E-state index in [2.05, 4.69) is 20.2 Å². The largest absolute Gasteiger partial charge is 0.496 e. The van der Waals surface area contributed by atoms with Gasteiger partial charge in [-0.1, -0.05) is 0 Å². The summed E-state index contributed by atoms with van der Waals surface area (Å²) in [6.07, 6.45) is 2.57. The Hall–Kier alpha value is -2.68. The molecule has 0 bridgehead atoms. The SMILES string of the molecule is COc1cc(S(C)(=O)=O)ccc1-c1nc2c(=O)[nH]ncc2[nH]1. The van der Waals surface area contributed by atoms with Crippen LogP contribution in [0, 0.1) is 0 Å². The van der Waals surface area contributed by atoms with E-state index in [4.69, 9.17) is 4.74 Å². The molecule has 0 aliphatic carbocycles. The molecule has 0 aliphatic rings. The average Bonchev–Trinajstić information content (AvgIpc) is 2.91. The summed E-state index contributed by atoms with van der Waals surface area (Å²) in [7, 11) is -1.91. The van der Waals surface area contributed by atoms with E-state index < -0.39 is 15.4 Å². The lowest BCUT2D eigenvalue weighted by atomic mass is 10.2. The number of fused-ring (bicyclic) bond motifs is 1. The van der Waals surface area contributed by atoms with Crippen LogP contribution in [0.1, 0.15) is 0 Å². The molecule has 0 atom stereocenters. The number of nitrogens with zero attached hydrogens (tertiary/aromatic N) is 2. The van der Waals surface area contributed by atoms with Crippen LogP contribution >= 0.6 is 0 Å². The van der Waals surface area contributed by atoms with Crippen LogP contribution in [0.4, 0.5) is 0 Å². The van der Waals surface area contributed by atoms with E-state index in [1.165, 1.54) is 25.4 Å². The van der Waals surface area contributed by atoms with Crippen molar-refractivity contribution in [2.75, 3.05) is 13.4 Å². The molecule has 8 nitrogen and oxygen atoms in total. The molecule has 0 unspecified atom stereocenters. The first-order valence-corrected chi connectivity index (χ1v) is 8.11. The van der Waals surface area contributed by atoms with Crippen molar-refractivity contribution in [2.24, 2.45) is 0 Å². The molecule has 3 rings (SSSR count). The smallest absolute Gasteiger partial charge is 0.292 e. The summed E-state index contributed by atoms with van der Waals surface area (Å²) in [5.74, 6) is 0.733. The highest BCUT2D eigenvalue weighted by Crippen LogP contribution is 2.31. The first-order valence-electron chi connectivity index (χ1n) is 6.22. The van der Waals surface area contributed by atoms with Crippen molar-refractivity contribution in [3.05, 3.63) is 34.7 Å². The third-order valence-electron chi connectivity index (χ3n) is 3.16. The summed E-state index contributed by atoms with van der Waals surface area (Å²) in [4.78, 5) is 19.0. The van der Waals surface area contributed by atoms with Crippen molar-refractivity contribution >= 4 is 20.9 Å². The molecule has 3 aromatic rings. The van der Waals surface area contributed by atoms with E-state index in [0.717, 1.165) is 6.26 Å². The molecule has 9 heteroatoms. The number of hydrogen-bond acceptors (Lipinski definition) is 6. The topological polar surface area (TPSA) is 118 Å². The molecule has 0 fully saturated rings. The van der Waals surface area contributed by atoms with Gasteiger partial charge in [0.15, 0.2) is 15.4 Å². The van der Waals surface area contributed by atoms with Gasteiger partial charge in [-0.2, -0.15) is 5.10 Å². The molecule has 22 heavy (non-hydrogen) atoms. The van der Waals surface area contributed by atoms with E-state index in [0.29, 0.717) is 22.7 Å². The highest BCUT2D eigenvalue weighted by atomic mass is 32.2. The van der Waals surface area contributed by atoms with Gasteiger partial charge in [0.25, 0.3) is 5.56 Å². The Morgan fingerprint density at radius 1 is 1.27 bits per heavy atom. The average molecular weight is 320 g/mol. The van der Waals surface area contributed by atoms with Crippen molar-refractivity contribution in [3.8, 4) is 17.1 Å². The van der Waals surface area contributed by atoms with Gasteiger partial charge in [0.05, 0.1) is 29.3 Å². The lowest BCUT2D eigenvalue weighted by Crippen LogP contribution is -2.06. The molecule has 0 radical (unpaired) electrons. The Balaban J connectivity index is 2.22. The zero-order chi connectivity index (χ0) is 15.9. The van der Waals surface area contributed by atoms with Crippen molar-refractivity contribution in [3.63, 3.8) is 0 Å². The van der Waals surface area contributed by atoms with Crippen LogP contribution in [-0.4, -0.2) is 41.9 Å². The fraction of sp³-hybridized carbons (Fsp3) is 0.154. The van der Waals surface area contributed by atoms with Crippen LogP contribution in [0.3, 0.4) is 0 Å². The third kappa shape index (κ3) is 2.35. The van der Waals surface area contributed by atoms with Gasteiger partial charge in [0.1, 0.15) is 11.6 Å². The van der Waals surface area contributed by atoms with Gasteiger partial charge in [-0.25, -0.2) is 18.5 Å². The molecular formula is C13H12N4O4S. The molecule has 0 saturated carbocycles. The van der Waals surface area contributed by atoms with Crippen LogP contribution in [-0.2, 0) is 9.84 Å². The normalized spacial score (nSPS) is 11.7. The molecule has 0 amide bonds. The first-order chi connectivity index (χ1) is 10.4. The number of H-pyrrole nitrogens is 2. The fourth-order valence-corrected chi connectivity index (χ4v) is 2.72. The molecular weight excluding hydrogens is 308 g/mol. The van der Waals surface area contributed by atoms with Gasteiger partial charge >= 0.3 is 0 Å². The predicted molar refractivity (Wildman–Crippen MR) is 79.6 cm³/mol. The Morgan fingerprint density at radius 3 is 2.68 bits per heavy atom. The summed E-state index contributed by atoms with van der Waals surface area (Å²) in [5.41, 5.74) is 0.837. The van der Waals surface area contributed by atoms with E-state index in [1.807, 2.05) is 0 Å². The van der Waals surface area contributed by atoms with Crippen LogP contribution < -0.4 is 10.3 Å². The minimum atomic E-state index is -3.34. The second-order valence-electron chi connectivity index (χ2n) is 4.68.